The molecule has 0 aromatic heterocycles. The first-order valence-electron chi connectivity index (χ1n) is 9.01. The fraction of sp³-hybridized carbons (Fsp3) is 0.333. The fourth-order valence-corrected chi connectivity index (χ4v) is 3.42. The second-order valence-electron chi connectivity index (χ2n) is 6.39. The third-order valence-electron chi connectivity index (χ3n) is 4.88. The maximum atomic E-state index is 13.4. The Bertz CT molecular complexity index is 859. The minimum Gasteiger partial charge on any atom is -0.496 e. The van der Waals surface area contributed by atoms with Gasteiger partial charge in [0.25, 0.3) is 0 Å². The minimum absolute atomic E-state index is 0.0453. The molecule has 0 aliphatic carbocycles. The van der Waals surface area contributed by atoms with E-state index in [1.165, 1.54) is 21.3 Å². The highest BCUT2D eigenvalue weighted by Crippen LogP contribution is 2.41. The lowest BCUT2D eigenvalue weighted by atomic mass is 9.94. The summed E-state index contributed by atoms with van der Waals surface area (Å²) in [5.74, 6) is -0.627. The van der Waals surface area contributed by atoms with Gasteiger partial charge >= 0.3 is 6.09 Å². The number of rotatable bonds is 7. The molecule has 1 aliphatic rings. The van der Waals surface area contributed by atoms with Crippen LogP contribution in [0.15, 0.2) is 42.5 Å². The first-order chi connectivity index (χ1) is 14.0. The fourth-order valence-electron chi connectivity index (χ4n) is 3.42. The molecule has 2 aromatic carbocycles. The number of carbonyl (C=O) groups is 2. The number of methoxy groups -OCH3 is 3. The van der Waals surface area contributed by atoms with E-state index in [4.69, 9.17) is 18.9 Å². The molecule has 1 heterocycles. The van der Waals surface area contributed by atoms with Crippen molar-refractivity contribution in [2.75, 3.05) is 34.5 Å². The monoisotopic (exact) mass is 401 g/mol. The maximum absolute atomic E-state index is 13.4. The largest absolute Gasteiger partial charge is 0.496 e. The molecule has 1 fully saturated rings. The van der Waals surface area contributed by atoms with Crippen molar-refractivity contribution in [2.24, 2.45) is 0 Å². The summed E-state index contributed by atoms with van der Waals surface area (Å²) in [6, 6.07) is 11.7. The number of nitrogens with zero attached hydrogens (tertiary/aromatic N) is 1. The maximum Gasteiger partial charge on any atom is 0.417 e. The molecule has 2 atom stereocenters. The van der Waals surface area contributed by atoms with Gasteiger partial charge in [0.15, 0.2) is 0 Å². The van der Waals surface area contributed by atoms with Crippen LogP contribution in [0.1, 0.15) is 23.1 Å². The van der Waals surface area contributed by atoms with Gasteiger partial charge < -0.3 is 24.1 Å². The van der Waals surface area contributed by atoms with Gasteiger partial charge in [0, 0.05) is 12.1 Å². The van der Waals surface area contributed by atoms with Gasteiger partial charge in [-0.05, 0) is 5.56 Å². The summed E-state index contributed by atoms with van der Waals surface area (Å²) in [7, 11) is 4.37. The molecule has 8 nitrogen and oxygen atoms in total. The number of ether oxygens (including phenoxy) is 4. The highest BCUT2D eigenvalue weighted by Gasteiger charge is 2.43. The summed E-state index contributed by atoms with van der Waals surface area (Å²) in [4.78, 5) is 26.8. The van der Waals surface area contributed by atoms with Gasteiger partial charge in [0.2, 0.25) is 5.91 Å². The van der Waals surface area contributed by atoms with Crippen molar-refractivity contribution in [2.45, 2.75) is 12.0 Å². The molecular formula is C21H23NO7. The van der Waals surface area contributed by atoms with E-state index < -0.39 is 30.6 Å². The molecule has 8 heteroatoms. The lowest BCUT2D eigenvalue weighted by molar-refractivity contribution is -0.131. The van der Waals surface area contributed by atoms with Gasteiger partial charge in [-0.15, -0.1) is 0 Å². The molecule has 1 N–H and O–H groups in total. The Labute approximate surface area is 168 Å². The van der Waals surface area contributed by atoms with Crippen molar-refractivity contribution in [3.05, 3.63) is 53.6 Å². The molecule has 2 amide bonds. The van der Waals surface area contributed by atoms with Crippen molar-refractivity contribution in [1.29, 1.82) is 0 Å². The van der Waals surface area contributed by atoms with Gasteiger partial charge in [-0.1, -0.05) is 30.3 Å². The molecular weight excluding hydrogens is 378 g/mol. The van der Waals surface area contributed by atoms with Crippen LogP contribution in [0.3, 0.4) is 0 Å². The Morgan fingerprint density at radius 2 is 1.76 bits per heavy atom. The smallest absolute Gasteiger partial charge is 0.417 e. The van der Waals surface area contributed by atoms with E-state index in [0.717, 1.165) is 10.5 Å². The van der Waals surface area contributed by atoms with Crippen LogP contribution in [-0.2, 0) is 9.53 Å². The molecule has 1 saturated heterocycles. The number of hydrogen-bond donors (Lipinski definition) is 1. The molecule has 154 valence electrons. The highest BCUT2D eigenvalue weighted by molar-refractivity contribution is 5.98. The summed E-state index contributed by atoms with van der Waals surface area (Å²) in [6.07, 6.45) is -0.756. The molecule has 3 rings (SSSR count). The van der Waals surface area contributed by atoms with Crippen LogP contribution in [0.25, 0.3) is 0 Å². The summed E-state index contributed by atoms with van der Waals surface area (Å²) in [6.45, 7) is -0.507. The van der Waals surface area contributed by atoms with Gasteiger partial charge in [0.1, 0.15) is 29.9 Å². The molecule has 2 aromatic rings. The lowest BCUT2D eigenvalue weighted by Crippen LogP contribution is -2.39. The number of carbonyl (C=O) groups excluding carboxylic acids is 2. The highest BCUT2D eigenvalue weighted by atomic mass is 16.6. The number of imide groups is 1. The topological polar surface area (TPSA) is 94.5 Å². The quantitative estimate of drug-likeness (QED) is 0.762. The Morgan fingerprint density at radius 1 is 1.14 bits per heavy atom. The predicted octanol–water partition coefficient (Wildman–Crippen LogP) is 2.51. The minimum atomic E-state index is -1.09. The number of amides is 2. The Morgan fingerprint density at radius 3 is 2.28 bits per heavy atom. The van der Waals surface area contributed by atoms with E-state index in [1.807, 2.05) is 30.3 Å². The average molecular weight is 401 g/mol. The molecule has 0 spiro atoms. The van der Waals surface area contributed by atoms with Gasteiger partial charge in [-0.2, -0.15) is 0 Å². The van der Waals surface area contributed by atoms with Gasteiger partial charge in [-0.25, -0.2) is 9.69 Å². The van der Waals surface area contributed by atoms with Crippen molar-refractivity contribution < 1.29 is 33.6 Å². The van der Waals surface area contributed by atoms with Crippen molar-refractivity contribution >= 4 is 12.0 Å². The Hall–Kier alpha value is -3.26. The second kappa shape index (κ2) is 8.83. The van der Waals surface area contributed by atoms with Crippen LogP contribution >= 0.6 is 0 Å². The van der Waals surface area contributed by atoms with Crippen molar-refractivity contribution in [3.63, 3.8) is 0 Å². The first kappa shape index (κ1) is 20.5. The third kappa shape index (κ3) is 3.84. The second-order valence-corrected chi connectivity index (χ2v) is 6.39. The zero-order valence-corrected chi connectivity index (χ0v) is 16.5. The van der Waals surface area contributed by atoms with Crippen molar-refractivity contribution in [1.82, 2.24) is 4.90 Å². The van der Waals surface area contributed by atoms with Crippen LogP contribution in [0.5, 0.6) is 17.2 Å². The Kier molecular flexibility index (Phi) is 6.23. The standard InChI is InChI=1S/C21H23NO7/c1-26-14-9-17(27-2)19(18(10-14)28-3)15(11-23)20(24)22-16(12-29-21(22)25)13-7-5-4-6-8-13/h4-10,15-16,23H,11-12H2,1-3H3/t15-,16+/m0/s1. The van der Waals surface area contributed by atoms with E-state index in [9.17, 15) is 14.7 Å². The van der Waals surface area contributed by atoms with E-state index >= 15 is 0 Å². The lowest BCUT2D eigenvalue weighted by Gasteiger charge is -2.26. The van der Waals surface area contributed by atoms with Crippen LogP contribution in [0, 0.1) is 0 Å². The van der Waals surface area contributed by atoms with Crippen LogP contribution in [-0.4, -0.2) is 56.6 Å². The molecule has 0 unspecified atom stereocenters. The van der Waals surface area contributed by atoms with E-state index in [0.29, 0.717) is 22.8 Å². The van der Waals surface area contributed by atoms with Crippen molar-refractivity contribution in [3.8, 4) is 17.2 Å². The Balaban J connectivity index is 2.04. The number of hydrogen-bond acceptors (Lipinski definition) is 7. The summed E-state index contributed by atoms with van der Waals surface area (Å²) in [5.41, 5.74) is 1.09. The number of aliphatic hydroxyl groups excluding tert-OH is 1. The normalized spacial score (nSPS) is 16.9. The summed E-state index contributed by atoms with van der Waals surface area (Å²) >= 11 is 0. The van der Waals surface area contributed by atoms with Crippen LogP contribution in [0.4, 0.5) is 4.79 Å². The predicted molar refractivity (Wildman–Crippen MR) is 103 cm³/mol. The number of benzene rings is 2. The zero-order valence-electron chi connectivity index (χ0n) is 16.5. The number of cyclic esters (lactones) is 1. The molecule has 0 radical (unpaired) electrons. The summed E-state index contributed by atoms with van der Waals surface area (Å²) < 4.78 is 21.2. The van der Waals surface area contributed by atoms with Gasteiger partial charge in [0.05, 0.1) is 39.4 Å². The molecule has 0 saturated carbocycles. The van der Waals surface area contributed by atoms with E-state index in [1.54, 1.807) is 12.1 Å². The average Bonchev–Trinajstić information content (AvgIpc) is 3.15. The van der Waals surface area contributed by atoms with E-state index in [-0.39, 0.29) is 6.61 Å². The molecule has 29 heavy (non-hydrogen) atoms. The molecule has 0 bridgehead atoms. The van der Waals surface area contributed by atoms with Gasteiger partial charge in [-0.3, -0.25) is 4.79 Å². The van der Waals surface area contributed by atoms with Crippen LogP contribution in [0.2, 0.25) is 0 Å². The van der Waals surface area contributed by atoms with E-state index in [2.05, 4.69) is 0 Å². The molecule has 1 aliphatic heterocycles. The summed E-state index contributed by atoms with van der Waals surface area (Å²) in [5, 5.41) is 10.1. The zero-order chi connectivity index (χ0) is 21.0. The SMILES string of the molecule is COc1cc(OC)c([C@H](CO)C(=O)N2C(=O)OC[C@@H]2c2ccccc2)c(OC)c1. The first-order valence-corrected chi connectivity index (χ1v) is 9.01. The third-order valence-corrected chi connectivity index (χ3v) is 4.88. The van der Waals surface area contributed by atoms with Crippen LogP contribution < -0.4 is 14.2 Å². The number of aliphatic hydroxyl groups is 1.